The number of primary amides is 1. The Labute approximate surface area is 64.6 Å². The summed E-state index contributed by atoms with van der Waals surface area (Å²) in [6.07, 6.45) is 2.26. The van der Waals surface area contributed by atoms with Crippen molar-refractivity contribution in [2.24, 2.45) is 11.5 Å². The van der Waals surface area contributed by atoms with Crippen molar-refractivity contribution in [3.05, 3.63) is 24.0 Å². The van der Waals surface area contributed by atoms with Gasteiger partial charge in [-0.15, -0.1) is 0 Å². The quantitative estimate of drug-likeness (QED) is 0.540. The van der Waals surface area contributed by atoms with E-state index in [0.29, 0.717) is 6.42 Å². The molecule has 0 radical (unpaired) electrons. The first kappa shape index (κ1) is 7.81. The molecule has 1 unspecified atom stereocenters. The molecular weight excluding hydrogens is 142 g/mol. The minimum atomic E-state index is -0.589. The molecule has 0 bridgehead atoms. The van der Waals surface area contributed by atoms with Crippen molar-refractivity contribution in [1.29, 1.82) is 0 Å². The number of nitrogens with one attached hydrogen (secondary N) is 1. The fourth-order valence-electron chi connectivity index (χ4n) is 0.832. The highest BCUT2D eigenvalue weighted by atomic mass is 16.1. The predicted molar refractivity (Wildman–Crippen MR) is 41.7 cm³/mol. The lowest BCUT2D eigenvalue weighted by molar-refractivity contribution is -0.119. The van der Waals surface area contributed by atoms with Crippen molar-refractivity contribution in [1.82, 2.24) is 4.98 Å². The summed E-state index contributed by atoms with van der Waals surface area (Å²) in [6.45, 7) is 0. The van der Waals surface area contributed by atoms with Crippen molar-refractivity contribution >= 4 is 5.91 Å². The minimum Gasteiger partial charge on any atom is -0.368 e. The smallest absolute Gasteiger partial charge is 0.234 e. The number of rotatable bonds is 3. The summed E-state index contributed by atoms with van der Waals surface area (Å²) >= 11 is 0. The molecule has 4 nitrogen and oxygen atoms in total. The van der Waals surface area contributed by atoms with Gasteiger partial charge >= 0.3 is 0 Å². The maximum absolute atomic E-state index is 10.5. The van der Waals surface area contributed by atoms with Crippen LogP contribution in [-0.4, -0.2) is 16.9 Å². The third-order valence-electron chi connectivity index (χ3n) is 1.47. The molecule has 4 heteroatoms. The second kappa shape index (κ2) is 3.21. The Morgan fingerprint density at radius 3 is 2.91 bits per heavy atom. The van der Waals surface area contributed by atoms with Crippen LogP contribution in [0.2, 0.25) is 0 Å². The largest absolute Gasteiger partial charge is 0.368 e. The Morgan fingerprint density at radius 1 is 1.73 bits per heavy atom. The van der Waals surface area contributed by atoms with E-state index in [1.165, 1.54) is 0 Å². The molecule has 60 valence electrons. The number of aromatic amines is 1. The molecule has 0 saturated heterocycles. The van der Waals surface area contributed by atoms with Crippen molar-refractivity contribution in [2.45, 2.75) is 12.5 Å². The number of aromatic nitrogens is 1. The monoisotopic (exact) mass is 153 g/mol. The first-order valence-electron chi connectivity index (χ1n) is 3.37. The van der Waals surface area contributed by atoms with Crippen LogP contribution in [-0.2, 0) is 11.2 Å². The lowest BCUT2D eigenvalue weighted by Crippen LogP contribution is -2.38. The van der Waals surface area contributed by atoms with Crippen molar-refractivity contribution in [3.63, 3.8) is 0 Å². The molecule has 1 heterocycles. The van der Waals surface area contributed by atoms with Crippen LogP contribution in [0, 0.1) is 0 Å². The second-order valence-corrected chi connectivity index (χ2v) is 2.41. The number of H-pyrrole nitrogens is 1. The van der Waals surface area contributed by atoms with Gasteiger partial charge in [0, 0.05) is 18.3 Å². The molecule has 1 aromatic rings. The molecule has 0 aliphatic heterocycles. The molecule has 1 rings (SSSR count). The number of carbonyl (C=O) groups is 1. The molecule has 0 aliphatic rings. The van der Waals surface area contributed by atoms with Gasteiger partial charge in [0.05, 0.1) is 6.04 Å². The predicted octanol–water partition coefficient (Wildman–Crippen LogP) is -0.630. The minimum absolute atomic E-state index is 0.473. The Morgan fingerprint density at radius 2 is 2.45 bits per heavy atom. The Bertz CT molecular complexity index is 230. The number of carbonyl (C=O) groups excluding carboxylic acids is 1. The van der Waals surface area contributed by atoms with Gasteiger partial charge in [-0.2, -0.15) is 0 Å². The van der Waals surface area contributed by atoms with E-state index in [1.54, 1.807) is 6.20 Å². The van der Waals surface area contributed by atoms with Crippen LogP contribution in [0.4, 0.5) is 0 Å². The molecule has 0 saturated carbocycles. The van der Waals surface area contributed by atoms with E-state index in [1.807, 2.05) is 12.1 Å². The van der Waals surface area contributed by atoms with Crippen LogP contribution in [0.1, 0.15) is 5.69 Å². The molecule has 0 fully saturated rings. The molecule has 1 amide bonds. The van der Waals surface area contributed by atoms with Gasteiger partial charge in [-0.1, -0.05) is 0 Å². The van der Waals surface area contributed by atoms with E-state index in [2.05, 4.69) is 4.98 Å². The molecule has 0 spiro atoms. The fraction of sp³-hybridized carbons (Fsp3) is 0.286. The van der Waals surface area contributed by atoms with Gasteiger partial charge in [0.25, 0.3) is 0 Å². The lowest BCUT2D eigenvalue weighted by Gasteiger charge is -2.03. The second-order valence-electron chi connectivity index (χ2n) is 2.41. The molecular formula is C7H11N3O. The highest BCUT2D eigenvalue weighted by Gasteiger charge is 2.09. The molecule has 0 aliphatic carbocycles. The van der Waals surface area contributed by atoms with E-state index in [4.69, 9.17) is 11.5 Å². The van der Waals surface area contributed by atoms with E-state index in [-0.39, 0.29) is 0 Å². The van der Waals surface area contributed by atoms with Gasteiger partial charge in [-0.3, -0.25) is 4.79 Å². The van der Waals surface area contributed by atoms with E-state index < -0.39 is 11.9 Å². The van der Waals surface area contributed by atoms with Gasteiger partial charge < -0.3 is 16.5 Å². The first-order valence-corrected chi connectivity index (χ1v) is 3.37. The van der Waals surface area contributed by atoms with Crippen LogP contribution < -0.4 is 11.5 Å². The Hall–Kier alpha value is -1.29. The molecule has 5 N–H and O–H groups in total. The third-order valence-corrected chi connectivity index (χ3v) is 1.47. The van der Waals surface area contributed by atoms with E-state index in [0.717, 1.165) is 5.69 Å². The highest BCUT2D eigenvalue weighted by molar-refractivity contribution is 5.79. The number of nitrogens with two attached hydrogens (primary N) is 2. The average molecular weight is 153 g/mol. The summed E-state index contributed by atoms with van der Waals surface area (Å²) in [5, 5.41) is 0. The molecule has 1 aromatic heterocycles. The zero-order valence-electron chi connectivity index (χ0n) is 6.08. The van der Waals surface area contributed by atoms with Gasteiger partial charge in [0.1, 0.15) is 0 Å². The summed E-state index contributed by atoms with van der Waals surface area (Å²) in [5.41, 5.74) is 11.3. The van der Waals surface area contributed by atoms with Crippen molar-refractivity contribution in [2.75, 3.05) is 0 Å². The van der Waals surface area contributed by atoms with Gasteiger partial charge in [0.2, 0.25) is 5.91 Å². The van der Waals surface area contributed by atoms with Crippen LogP contribution >= 0.6 is 0 Å². The number of hydrogen-bond donors (Lipinski definition) is 3. The summed E-state index contributed by atoms with van der Waals surface area (Å²) in [5.74, 6) is -0.473. The Balaban J connectivity index is 2.50. The van der Waals surface area contributed by atoms with E-state index in [9.17, 15) is 4.79 Å². The van der Waals surface area contributed by atoms with Crippen molar-refractivity contribution < 1.29 is 4.79 Å². The molecule has 1 atom stereocenters. The van der Waals surface area contributed by atoms with Gasteiger partial charge in [0.15, 0.2) is 0 Å². The van der Waals surface area contributed by atoms with Gasteiger partial charge in [-0.25, -0.2) is 0 Å². The standard InChI is InChI=1S/C7H11N3O/c8-6(7(9)11)4-5-2-1-3-10-5/h1-3,6,10H,4,8H2,(H2,9,11). The summed E-state index contributed by atoms with van der Waals surface area (Å²) in [4.78, 5) is 13.4. The van der Waals surface area contributed by atoms with E-state index >= 15 is 0 Å². The summed E-state index contributed by atoms with van der Waals surface area (Å²) in [7, 11) is 0. The first-order chi connectivity index (χ1) is 5.20. The summed E-state index contributed by atoms with van der Waals surface area (Å²) < 4.78 is 0. The fourth-order valence-corrected chi connectivity index (χ4v) is 0.832. The zero-order valence-corrected chi connectivity index (χ0v) is 6.08. The highest BCUT2D eigenvalue weighted by Crippen LogP contribution is 1.97. The third kappa shape index (κ3) is 2.09. The van der Waals surface area contributed by atoms with Crippen LogP contribution in [0.25, 0.3) is 0 Å². The van der Waals surface area contributed by atoms with Crippen LogP contribution in [0.15, 0.2) is 18.3 Å². The lowest BCUT2D eigenvalue weighted by atomic mass is 10.1. The summed E-state index contributed by atoms with van der Waals surface area (Å²) in [6, 6.07) is 3.12. The topological polar surface area (TPSA) is 84.9 Å². The van der Waals surface area contributed by atoms with Crippen LogP contribution in [0.5, 0.6) is 0 Å². The van der Waals surface area contributed by atoms with Gasteiger partial charge in [-0.05, 0) is 12.1 Å². The maximum Gasteiger partial charge on any atom is 0.234 e. The molecule has 11 heavy (non-hydrogen) atoms. The normalized spacial score (nSPS) is 12.8. The molecule has 0 aromatic carbocycles. The van der Waals surface area contributed by atoms with Crippen molar-refractivity contribution in [3.8, 4) is 0 Å². The Kier molecular flexibility index (Phi) is 2.28. The SMILES string of the molecule is NC(=O)C(N)Cc1ccc[nH]1. The zero-order chi connectivity index (χ0) is 8.27. The number of amides is 1. The number of hydrogen-bond acceptors (Lipinski definition) is 2. The average Bonchev–Trinajstić information content (AvgIpc) is 2.39. The maximum atomic E-state index is 10.5. The van der Waals surface area contributed by atoms with Crippen LogP contribution in [0.3, 0.4) is 0 Å².